The molecule has 19 heteroatoms. The summed E-state index contributed by atoms with van der Waals surface area (Å²) in [7, 11) is -9.91. The number of aliphatic hydroxyl groups is 1. The number of carbonyl (C=O) groups excluding carboxylic acids is 4. The van der Waals surface area contributed by atoms with E-state index in [-0.39, 0.29) is 25.7 Å². The van der Waals surface area contributed by atoms with Gasteiger partial charge in [-0.15, -0.1) is 0 Å². The Balaban J connectivity index is 5.21. The molecule has 0 heterocycles. The van der Waals surface area contributed by atoms with Gasteiger partial charge in [0, 0.05) is 25.7 Å². The quantitative estimate of drug-likeness (QED) is 0.0222. The van der Waals surface area contributed by atoms with Crippen LogP contribution in [0.3, 0.4) is 0 Å². The summed E-state index contributed by atoms with van der Waals surface area (Å²) in [5.41, 5.74) is 0. The van der Waals surface area contributed by atoms with Crippen molar-refractivity contribution < 1.29 is 80.2 Å². The molecule has 17 nitrogen and oxygen atoms in total. The second-order valence-corrected chi connectivity index (χ2v) is 32.2. The van der Waals surface area contributed by atoms with Crippen molar-refractivity contribution in [1.29, 1.82) is 0 Å². The Hall–Kier alpha value is -1.94. The van der Waals surface area contributed by atoms with E-state index in [0.29, 0.717) is 31.6 Å². The molecule has 0 aromatic carbocycles. The van der Waals surface area contributed by atoms with Crippen molar-refractivity contribution in [2.75, 3.05) is 39.6 Å². The van der Waals surface area contributed by atoms with E-state index in [1.54, 1.807) is 0 Å². The molecule has 0 amide bonds. The van der Waals surface area contributed by atoms with Crippen LogP contribution in [0, 0.1) is 17.8 Å². The topological polar surface area (TPSA) is 237 Å². The zero-order valence-corrected chi connectivity index (χ0v) is 65.3. The lowest BCUT2D eigenvalue weighted by Crippen LogP contribution is -2.30. The Morgan fingerprint density at radius 3 is 0.784 bits per heavy atom. The number of hydrogen-bond donors (Lipinski definition) is 3. The smallest absolute Gasteiger partial charge is 0.462 e. The summed E-state index contributed by atoms with van der Waals surface area (Å²) in [4.78, 5) is 72.8. The van der Waals surface area contributed by atoms with Crippen LogP contribution in [0.25, 0.3) is 0 Å². The molecule has 0 aliphatic rings. The second kappa shape index (κ2) is 68.5. The number of carbonyl (C=O) groups is 4. The third kappa shape index (κ3) is 70.9. The SMILES string of the molecule is CCCCCCCCCCCCCCCC(=O)O[C@H](COC(=O)CCCCCCCCC(C)C)COP(=O)(O)OC[C@H](O)COP(=O)(O)OC[C@@H](COC(=O)CCCCCCCCCCCCC(C)CC)OC(=O)CCCCCCCCCCCCCCCCCCCCC(C)C. The van der Waals surface area contributed by atoms with Gasteiger partial charge in [0.05, 0.1) is 26.4 Å². The van der Waals surface area contributed by atoms with Crippen LogP contribution in [-0.2, 0) is 65.4 Å². The van der Waals surface area contributed by atoms with Crippen molar-refractivity contribution in [3.8, 4) is 0 Å². The zero-order valence-electron chi connectivity index (χ0n) is 63.5. The van der Waals surface area contributed by atoms with Gasteiger partial charge >= 0.3 is 39.5 Å². The van der Waals surface area contributed by atoms with Crippen LogP contribution < -0.4 is 0 Å². The van der Waals surface area contributed by atoms with E-state index in [4.69, 9.17) is 37.0 Å². The molecule has 0 aromatic rings. The van der Waals surface area contributed by atoms with Gasteiger partial charge in [0.25, 0.3) is 0 Å². The van der Waals surface area contributed by atoms with Crippen LogP contribution in [0.5, 0.6) is 0 Å². The Morgan fingerprint density at radius 1 is 0.299 bits per heavy atom. The molecule has 0 saturated heterocycles. The van der Waals surface area contributed by atoms with Crippen LogP contribution in [0.1, 0.15) is 402 Å². The lowest BCUT2D eigenvalue weighted by Gasteiger charge is -2.21. The molecule has 0 aromatic heterocycles. The minimum atomic E-state index is -4.96. The molecule has 0 bridgehead atoms. The highest BCUT2D eigenvalue weighted by Gasteiger charge is 2.30. The first-order valence-corrected chi connectivity index (χ1v) is 43.4. The maximum Gasteiger partial charge on any atom is 0.472 e. The molecule has 0 rings (SSSR count). The molecule has 0 aliphatic heterocycles. The average Bonchev–Trinajstić information content (AvgIpc) is 1.25. The molecule has 97 heavy (non-hydrogen) atoms. The molecular formula is C78H152O17P2. The summed E-state index contributed by atoms with van der Waals surface area (Å²) in [6.45, 7) is 11.9. The third-order valence-corrected chi connectivity index (χ3v) is 20.4. The number of hydrogen-bond acceptors (Lipinski definition) is 15. The fourth-order valence-electron chi connectivity index (χ4n) is 11.9. The number of rotatable bonds is 76. The van der Waals surface area contributed by atoms with Crippen LogP contribution in [0.15, 0.2) is 0 Å². The molecule has 3 unspecified atom stereocenters. The Bertz CT molecular complexity index is 1890. The van der Waals surface area contributed by atoms with Gasteiger partial charge in [0.15, 0.2) is 12.2 Å². The maximum absolute atomic E-state index is 13.1. The highest BCUT2D eigenvalue weighted by atomic mass is 31.2. The van der Waals surface area contributed by atoms with E-state index in [9.17, 15) is 43.2 Å². The minimum absolute atomic E-state index is 0.106. The molecule has 0 saturated carbocycles. The van der Waals surface area contributed by atoms with Gasteiger partial charge in [-0.3, -0.25) is 37.3 Å². The monoisotopic (exact) mass is 1420 g/mol. The van der Waals surface area contributed by atoms with E-state index < -0.39 is 97.5 Å². The predicted octanol–water partition coefficient (Wildman–Crippen LogP) is 23.0. The van der Waals surface area contributed by atoms with E-state index >= 15 is 0 Å². The summed E-state index contributed by atoms with van der Waals surface area (Å²) in [5, 5.41) is 10.6. The van der Waals surface area contributed by atoms with Gasteiger partial charge in [0.2, 0.25) is 0 Å². The van der Waals surface area contributed by atoms with Crippen LogP contribution in [0.4, 0.5) is 0 Å². The Labute approximate surface area is 594 Å². The average molecular weight is 1420 g/mol. The van der Waals surface area contributed by atoms with Crippen molar-refractivity contribution in [2.24, 2.45) is 17.8 Å². The first kappa shape index (κ1) is 95.1. The number of phosphoric ester groups is 2. The van der Waals surface area contributed by atoms with E-state index in [1.165, 1.54) is 205 Å². The molecule has 576 valence electrons. The molecular weight excluding hydrogens is 1270 g/mol. The predicted molar refractivity (Wildman–Crippen MR) is 395 cm³/mol. The van der Waals surface area contributed by atoms with E-state index in [1.807, 2.05) is 0 Å². The van der Waals surface area contributed by atoms with Gasteiger partial charge in [-0.1, -0.05) is 350 Å². The lowest BCUT2D eigenvalue weighted by atomic mass is 9.99. The Kier molecular flexibility index (Phi) is 67.1. The fraction of sp³-hybridized carbons (Fsp3) is 0.949. The highest BCUT2D eigenvalue weighted by Crippen LogP contribution is 2.45. The zero-order chi connectivity index (χ0) is 71.6. The van der Waals surface area contributed by atoms with Crippen LogP contribution >= 0.6 is 15.6 Å². The number of aliphatic hydroxyl groups excluding tert-OH is 1. The minimum Gasteiger partial charge on any atom is -0.462 e. The van der Waals surface area contributed by atoms with Crippen molar-refractivity contribution in [3.05, 3.63) is 0 Å². The number of ether oxygens (including phenoxy) is 4. The molecule has 0 aliphatic carbocycles. The summed E-state index contributed by atoms with van der Waals surface area (Å²) in [6.07, 6.45) is 55.6. The highest BCUT2D eigenvalue weighted by molar-refractivity contribution is 7.47. The second-order valence-electron chi connectivity index (χ2n) is 29.3. The number of phosphoric acid groups is 2. The Morgan fingerprint density at radius 2 is 0.526 bits per heavy atom. The van der Waals surface area contributed by atoms with Gasteiger partial charge in [-0.25, -0.2) is 9.13 Å². The summed E-state index contributed by atoms with van der Waals surface area (Å²) < 4.78 is 68.6. The normalized spacial score (nSPS) is 14.3. The molecule has 6 atom stereocenters. The lowest BCUT2D eigenvalue weighted by molar-refractivity contribution is -0.161. The first-order valence-electron chi connectivity index (χ1n) is 40.4. The molecule has 3 N–H and O–H groups in total. The van der Waals surface area contributed by atoms with Crippen molar-refractivity contribution in [2.45, 2.75) is 420 Å². The fourth-order valence-corrected chi connectivity index (χ4v) is 13.5. The summed E-state index contributed by atoms with van der Waals surface area (Å²) >= 11 is 0. The number of unbranched alkanes of at least 4 members (excludes halogenated alkanes) is 43. The third-order valence-electron chi connectivity index (χ3n) is 18.5. The van der Waals surface area contributed by atoms with Crippen molar-refractivity contribution >= 4 is 39.5 Å². The largest absolute Gasteiger partial charge is 0.472 e. The van der Waals surface area contributed by atoms with Gasteiger partial charge < -0.3 is 33.8 Å². The van der Waals surface area contributed by atoms with Crippen LogP contribution in [-0.4, -0.2) is 96.7 Å². The molecule has 0 fully saturated rings. The van der Waals surface area contributed by atoms with Gasteiger partial charge in [-0.05, 0) is 43.4 Å². The standard InChI is InChI=1S/C78H152O17P2/c1-8-10-11-12-13-14-15-22-26-33-38-47-54-61-78(83)95-74(66-89-76(81)60-53-46-41-40-43-50-57-70(5)6)68-93-97(86,87)91-64-72(79)63-90-96(84,85)92-67-73(65-88-75(80)59-52-45-37-32-29-28-31-36-44-51-58-71(7)9-2)94-77(82)62-55-48-39-34-27-24-21-19-17-16-18-20-23-25-30-35-42-49-56-69(3)4/h69-74,79H,8-68H2,1-7H3,(H,84,85)(H,86,87)/t71?,72-,73-,74-/m1/s1. The maximum atomic E-state index is 13.1. The molecule has 0 spiro atoms. The van der Waals surface area contributed by atoms with Crippen molar-refractivity contribution in [1.82, 2.24) is 0 Å². The van der Waals surface area contributed by atoms with E-state index in [2.05, 4.69) is 48.5 Å². The van der Waals surface area contributed by atoms with Crippen molar-refractivity contribution in [3.63, 3.8) is 0 Å². The number of esters is 4. The summed E-state index contributed by atoms with van der Waals surface area (Å²) in [5.74, 6) is 0.193. The first-order chi connectivity index (χ1) is 46.8. The summed E-state index contributed by atoms with van der Waals surface area (Å²) in [6, 6.07) is 0. The van der Waals surface area contributed by atoms with Gasteiger partial charge in [0.1, 0.15) is 19.3 Å². The van der Waals surface area contributed by atoms with Gasteiger partial charge in [-0.2, -0.15) is 0 Å². The van der Waals surface area contributed by atoms with E-state index in [0.717, 1.165) is 108 Å². The van der Waals surface area contributed by atoms with Crippen LogP contribution in [0.2, 0.25) is 0 Å². The molecule has 0 radical (unpaired) electrons.